The Kier molecular flexibility index (Phi) is 4.53. The van der Waals surface area contributed by atoms with E-state index in [-0.39, 0.29) is 17.5 Å². The number of nitrogens with zero attached hydrogens (tertiary/aromatic N) is 2. The molecule has 0 aliphatic rings. The van der Waals surface area contributed by atoms with Gasteiger partial charge in [-0.05, 0) is 38.0 Å². The highest BCUT2D eigenvalue weighted by Crippen LogP contribution is 2.26. The molecular formula is C17H19N3O3S. The fraction of sp³-hybridized carbons (Fsp3) is 0.353. The number of carbonyl (C=O) groups excluding carboxylic acids is 1. The van der Waals surface area contributed by atoms with Crippen LogP contribution in [0.3, 0.4) is 0 Å². The first kappa shape index (κ1) is 16.4. The maximum Gasteiger partial charge on any atom is 0.262 e. The molecule has 6 nitrogen and oxygen atoms in total. The summed E-state index contributed by atoms with van der Waals surface area (Å²) in [6.07, 6.45) is 4.67. The second-order valence-electron chi connectivity index (χ2n) is 5.89. The van der Waals surface area contributed by atoms with E-state index in [4.69, 9.17) is 4.42 Å². The molecule has 0 aromatic carbocycles. The third-order valence-corrected chi connectivity index (χ3v) is 5.20. The van der Waals surface area contributed by atoms with Crippen LogP contribution in [0.2, 0.25) is 0 Å². The summed E-state index contributed by atoms with van der Waals surface area (Å²) in [4.78, 5) is 30.2. The van der Waals surface area contributed by atoms with Crippen molar-refractivity contribution >= 4 is 27.5 Å². The molecule has 0 spiro atoms. The number of nitrogens with one attached hydrogen (secondary N) is 1. The zero-order chi connectivity index (χ0) is 17.3. The Morgan fingerprint density at radius 1 is 1.50 bits per heavy atom. The van der Waals surface area contributed by atoms with Gasteiger partial charge in [0.2, 0.25) is 0 Å². The van der Waals surface area contributed by atoms with Crippen molar-refractivity contribution in [3.05, 3.63) is 51.3 Å². The number of fused-ring (bicyclic) bond motifs is 1. The summed E-state index contributed by atoms with van der Waals surface area (Å²) in [6.45, 7) is 3.76. The Morgan fingerprint density at radius 2 is 2.29 bits per heavy atom. The summed E-state index contributed by atoms with van der Waals surface area (Å²) >= 11 is 1.26. The van der Waals surface area contributed by atoms with E-state index < -0.39 is 0 Å². The molecule has 1 atom stereocenters. The minimum Gasteiger partial charge on any atom is -0.469 e. The second kappa shape index (κ2) is 6.60. The lowest BCUT2D eigenvalue weighted by molar-refractivity contribution is 0.0941. The van der Waals surface area contributed by atoms with Gasteiger partial charge < -0.3 is 14.3 Å². The van der Waals surface area contributed by atoms with Crippen LogP contribution in [0.1, 0.15) is 34.3 Å². The highest BCUT2D eigenvalue weighted by Gasteiger charge is 2.20. The van der Waals surface area contributed by atoms with Gasteiger partial charge >= 0.3 is 0 Å². The Morgan fingerprint density at radius 3 is 3.00 bits per heavy atom. The highest BCUT2D eigenvalue weighted by molar-refractivity contribution is 7.20. The Labute approximate surface area is 143 Å². The molecule has 0 aliphatic carbocycles. The fourth-order valence-electron chi connectivity index (χ4n) is 2.60. The Balaban J connectivity index is 1.75. The summed E-state index contributed by atoms with van der Waals surface area (Å²) in [5, 5.41) is 3.51. The molecule has 0 saturated carbocycles. The van der Waals surface area contributed by atoms with Gasteiger partial charge in [-0.2, -0.15) is 0 Å². The van der Waals surface area contributed by atoms with E-state index in [1.165, 1.54) is 22.2 Å². The van der Waals surface area contributed by atoms with Gasteiger partial charge in [-0.3, -0.25) is 9.59 Å². The first-order valence-electron chi connectivity index (χ1n) is 7.75. The molecule has 1 amide bonds. The largest absolute Gasteiger partial charge is 0.469 e. The van der Waals surface area contributed by atoms with Gasteiger partial charge in [-0.15, -0.1) is 11.3 Å². The molecule has 0 bridgehead atoms. The molecule has 3 heterocycles. The summed E-state index contributed by atoms with van der Waals surface area (Å²) in [5.41, 5.74) is 0.568. The molecule has 0 fully saturated rings. The molecule has 1 unspecified atom stereocenters. The highest BCUT2D eigenvalue weighted by atomic mass is 32.1. The van der Waals surface area contributed by atoms with Crippen LogP contribution in [0.15, 0.2) is 33.9 Å². The summed E-state index contributed by atoms with van der Waals surface area (Å²) in [7, 11) is 1.66. The number of carbonyl (C=O) groups is 1. The van der Waals surface area contributed by atoms with E-state index >= 15 is 0 Å². The molecule has 24 heavy (non-hydrogen) atoms. The van der Waals surface area contributed by atoms with E-state index in [0.29, 0.717) is 20.7 Å². The number of rotatable bonds is 5. The van der Waals surface area contributed by atoms with Crippen molar-refractivity contribution in [2.75, 3.05) is 0 Å². The Bertz CT molecular complexity index is 925. The third kappa shape index (κ3) is 3.12. The average molecular weight is 345 g/mol. The number of aromatic nitrogens is 2. The van der Waals surface area contributed by atoms with Crippen LogP contribution in [0.5, 0.6) is 0 Å². The van der Waals surface area contributed by atoms with Crippen LogP contribution >= 0.6 is 11.3 Å². The summed E-state index contributed by atoms with van der Waals surface area (Å²) in [6, 6.07) is 3.78. The maximum absolute atomic E-state index is 12.5. The lowest BCUT2D eigenvalue weighted by atomic mass is 10.1. The third-order valence-electron chi connectivity index (χ3n) is 4.00. The van der Waals surface area contributed by atoms with E-state index in [9.17, 15) is 9.59 Å². The minimum absolute atomic E-state index is 0.00278. The molecule has 0 aliphatic heterocycles. The normalized spacial score (nSPS) is 12.5. The number of aryl methyl sites for hydroxylation is 3. The number of amides is 1. The van der Waals surface area contributed by atoms with Crippen LogP contribution in [-0.2, 0) is 13.5 Å². The van der Waals surface area contributed by atoms with Gasteiger partial charge in [0.25, 0.3) is 11.5 Å². The molecule has 1 N–H and O–H groups in total. The molecule has 0 saturated heterocycles. The number of hydrogen-bond acceptors (Lipinski definition) is 5. The standard InChI is InChI=1S/C17H19N3O3S/c1-10(6-7-12-5-4-8-23-12)19-15(21)14-11(2)13-16(24-14)18-9-20(3)17(13)22/h4-5,8-10H,6-7H2,1-3H3,(H,19,21). The van der Waals surface area contributed by atoms with Crippen LogP contribution in [-0.4, -0.2) is 21.5 Å². The van der Waals surface area contributed by atoms with Crippen LogP contribution in [0.25, 0.3) is 10.2 Å². The quantitative estimate of drug-likeness (QED) is 0.771. The van der Waals surface area contributed by atoms with Crippen molar-refractivity contribution in [2.24, 2.45) is 7.05 Å². The zero-order valence-electron chi connectivity index (χ0n) is 13.8. The lowest BCUT2D eigenvalue weighted by Crippen LogP contribution is -2.32. The SMILES string of the molecule is Cc1c(C(=O)NC(C)CCc2ccco2)sc2ncn(C)c(=O)c12. The van der Waals surface area contributed by atoms with Crippen LogP contribution in [0, 0.1) is 6.92 Å². The van der Waals surface area contributed by atoms with Gasteiger partial charge in [0.1, 0.15) is 10.6 Å². The molecule has 3 rings (SSSR count). The predicted molar refractivity (Wildman–Crippen MR) is 93.6 cm³/mol. The van der Waals surface area contributed by atoms with Gasteiger partial charge in [0.05, 0.1) is 22.9 Å². The fourth-order valence-corrected chi connectivity index (χ4v) is 3.64. The van der Waals surface area contributed by atoms with Gasteiger partial charge in [0.15, 0.2) is 0 Å². The van der Waals surface area contributed by atoms with E-state index in [1.807, 2.05) is 19.1 Å². The van der Waals surface area contributed by atoms with Crippen LogP contribution < -0.4 is 10.9 Å². The lowest BCUT2D eigenvalue weighted by Gasteiger charge is -2.12. The summed E-state index contributed by atoms with van der Waals surface area (Å²) in [5.74, 6) is 0.742. The number of thiophene rings is 1. The summed E-state index contributed by atoms with van der Waals surface area (Å²) < 4.78 is 6.73. The molecule has 126 valence electrons. The topological polar surface area (TPSA) is 77.1 Å². The average Bonchev–Trinajstić information content (AvgIpc) is 3.17. The van der Waals surface area contributed by atoms with Gasteiger partial charge in [0, 0.05) is 19.5 Å². The van der Waals surface area contributed by atoms with Crippen molar-refractivity contribution < 1.29 is 9.21 Å². The maximum atomic E-state index is 12.5. The molecule has 3 aromatic rings. The van der Waals surface area contributed by atoms with Crippen molar-refractivity contribution in [3.63, 3.8) is 0 Å². The van der Waals surface area contributed by atoms with Gasteiger partial charge in [-0.1, -0.05) is 0 Å². The monoisotopic (exact) mass is 345 g/mol. The van der Waals surface area contributed by atoms with Crippen LogP contribution in [0.4, 0.5) is 0 Å². The van der Waals surface area contributed by atoms with Crippen molar-refractivity contribution in [1.82, 2.24) is 14.9 Å². The minimum atomic E-state index is -0.163. The number of furan rings is 1. The first-order valence-corrected chi connectivity index (χ1v) is 8.57. The second-order valence-corrected chi connectivity index (χ2v) is 6.89. The smallest absolute Gasteiger partial charge is 0.262 e. The van der Waals surface area contributed by atoms with E-state index in [1.54, 1.807) is 20.2 Å². The van der Waals surface area contributed by atoms with Crippen molar-refractivity contribution in [3.8, 4) is 0 Å². The van der Waals surface area contributed by atoms with Crippen molar-refractivity contribution in [2.45, 2.75) is 32.7 Å². The molecular weight excluding hydrogens is 326 g/mol. The van der Waals surface area contributed by atoms with E-state index in [2.05, 4.69) is 10.3 Å². The Hall–Kier alpha value is -2.41. The van der Waals surface area contributed by atoms with Crippen molar-refractivity contribution in [1.29, 1.82) is 0 Å². The van der Waals surface area contributed by atoms with Gasteiger partial charge in [-0.25, -0.2) is 4.98 Å². The molecule has 0 radical (unpaired) electrons. The zero-order valence-corrected chi connectivity index (χ0v) is 14.6. The predicted octanol–water partition coefficient (Wildman–Crippen LogP) is 2.65. The van der Waals surface area contributed by atoms with E-state index in [0.717, 1.165) is 18.6 Å². The molecule has 7 heteroatoms. The first-order chi connectivity index (χ1) is 11.5. The molecule has 3 aromatic heterocycles. The number of hydrogen-bond donors (Lipinski definition) is 1.